The van der Waals surface area contributed by atoms with Gasteiger partial charge in [0.1, 0.15) is 5.60 Å². The van der Waals surface area contributed by atoms with Crippen molar-refractivity contribution in [3.05, 3.63) is 12.3 Å². The lowest BCUT2D eigenvalue weighted by molar-refractivity contribution is 0.0108. The molecule has 0 aliphatic carbocycles. The molecule has 4 heteroatoms. The summed E-state index contributed by atoms with van der Waals surface area (Å²) in [5.74, 6) is 3.04. The first-order valence-corrected chi connectivity index (χ1v) is 13.0. The SMILES string of the molecule is C=C(CCCCCOC(C)=NCCOCC(C)(CC)CC(C)C)OC(C)(C)CC(C)CC. The summed E-state index contributed by atoms with van der Waals surface area (Å²) in [4.78, 5) is 4.48. The molecule has 0 aliphatic heterocycles. The summed E-state index contributed by atoms with van der Waals surface area (Å²) in [5.41, 5.74) is 0.139. The second kappa shape index (κ2) is 16.6. The number of hydrogen-bond donors (Lipinski definition) is 0. The summed E-state index contributed by atoms with van der Waals surface area (Å²) in [7, 11) is 0. The largest absolute Gasteiger partial charge is 0.493 e. The zero-order chi connectivity index (χ0) is 24.6. The Morgan fingerprint density at radius 3 is 2.25 bits per heavy atom. The van der Waals surface area contributed by atoms with Crippen molar-refractivity contribution in [3.63, 3.8) is 0 Å². The third-order valence-electron chi connectivity index (χ3n) is 6.14. The average Bonchev–Trinajstić information content (AvgIpc) is 2.68. The van der Waals surface area contributed by atoms with Gasteiger partial charge in [0.2, 0.25) is 0 Å². The Morgan fingerprint density at radius 1 is 0.969 bits per heavy atom. The van der Waals surface area contributed by atoms with E-state index in [1.54, 1.807) is 0 Å². The van der Waals surface area contributed by atoms with Crippen LogP contribution in [0.25, 0.3) is 0 Å². The minimum absolute atomic E-state index is 0.128. The van der Waals surface area contributed by atoms with Gasteiger partial charge in [0.05, 0.1) is 32.1 Å². The van der Waals surface area contributed by atoms with Gasteiger partial charge < -0.3 is 14.2 Å². The van der Waals surface area contributed by atoms with Crippen molar-refractivity contribution in [3.8, 4) is 0 Å². The third-order valence-corrected chi connectivity index (χ3v) is 6.14. The average molecular weight is 454 g/mol. The second-order valence-electron chi connectivity index (χ2n) is 11.0. The zero-order valence-corrected chi connectivity index (χ0v) is 23.0. The van der Waals surface area contributed by atoms with Gasteiger partial charge in [-0.25, -0.2) is 0 Å². The van der Waals surface area contributed by atoms with Crippen molar-refractivity contribution >= 4 is 5.90 Å². The fourth-order valence-electron chi connectivity index (χ4n) is 4.21. The van der Waals surface area contributed by atoms with Crippen molar-refractivity contribution in [2.45, 2.75) is 119 Å². The quantitative estimate of drug-likeness (QED) is 0.0856. The van der Waals surface area contributed by atoms with Crippen LogP contribution in [0.3, 0.4) is 0 Å². The molecule has 0 spiro atoms. The van der Waals surface area contributed by atoms with E-state index in [4.69, 9.17) is 14.2 Å². The normalized spacial score (nSPS) is 15.5. The van der Waals surface area contributed by atoms with Crippen molar-refractivity contribution in [2.75, 3.05) is 26.4 Å². The summed E-state index contributed by atoms with van der Waals surface area (Å²) in [6, 6.07) is 0. The smallest absolute Gasteiger partial charge is 0.180 e. The van der Waals surface area contributed by atoms with Crippen LogP contribution in [0.1, 0.15) is 114 Å². The van der Waals surface area contributed by atoms with Gasteiger partial charge in [-0.3, -0.25) is 4.99 Å². The molecule has 0 rings (SSSR count). The summed E-state index contributed by atoms with van der Waals surface area (Å²) < 4.78 is 17.8. The molecule has 2 atom stereocenters. The predicted octanol–water partition coefficient (Wildman–Crippen LogP) is 8.21. The number of unbranched alkanes of at least 4 members (excludes halogenated alkanes) is 2. The molecule has 0 heterocycles. The molecule has 0 radical (unpaired) electrons. The monoisotopic (exact) mass is 453 g/mol. The summed E-state index contributed by atoms with van der Waals surface area (Å²) in [6.07, 6.45) is 8.73. The fourth-order valence-corrected chi connectivity index (χ4v) is 4.21. The number of hydrogen-bond acceptors (Lipinski definition) is 4. The van der Waals surface area contributed by atoms with E-state index < -0.39 is 0 Å². The van der Waals surface area contributed by atoms with Gasteiger partial charge in [0.15, 0.2) is 5.90 Å². The van der Waals surface area contributed by atoms with Crippen molar-refractivity contribution in [1.29, 1.82) is 0 Å². The Bertz CT molecular complexity index is 527. The minimum atomic E-state index is -0.128. The summed E-state index contributed by atoms with van der Waals surface area (Å²) in [6.45, 7) is 26.9. The van der Waals surface area contributed by atoms with E-state index in [1.165, 1.54) is 12.8 Å². The first-order valence-electron chi connectivity index (χ1n) is 13.0. The third kappa shape index (κ3) is 16.6. The molecule has 0 aromatic heterocycles. The van der Waals surface area contributed by atoms with Gasteiger partial charge in [-0.05, 0) is 69.6 Å². The van der Waals surface area contributed by atoms with E-state index in [9.17, 15) is 0 Å². The molecular formula is C28H55NO3. The van der Waals surface area contributed by atoms with E-state index in [1.807, 2.05) is 6.92 Å². The van der Waals surface area contributed by atoms with Gasteiger partial charge in [0, 0.05) is 13.3 Å². The van der Waals surface area contributed by atoms with Gasteiger partial charge in [-0.1, -0.05) is 54.5 Å². The van der Waals surface area contributed by atoms with Crippen LogP contribution in [0.15, 0.2) is 17.3 Å². The van der Waals surface area contributed by atoms with Gasteiger partial charge in [-0.2, -0.15) is 0 Å². The van der Waals surface area contributed by atoms with Gasteiger partial charge in [-0.15, -0.1) is 0 Å². The number of rotatable bonds is 19. The van der Waals surface area contributed by atoms with Crippen molar-refractivity contribution in [1.82, 2.24) is 0 Å². The highest BCUT2D eigenvalue weighted by molar-refractivity contribution is 5.73. The molecule has 0 aliphatic rings. The predicted molar refractivity (Wildman–Crippen MR) is 139 cm³/mol. The summed E-state index contributed by atoms with van der Waals surface area (Å²) >= 11 is 0. The lowest BCUT2D eigenvalue weighted by atomic mass is 9.80. The number of allylic oxidation sites excluding steroid dienone is 1. The van der Waals surface area contributed by atoms with Crippen molar-refractivity contribution < 1.29 is 14.2 Å². The molecular weight excluding hydrogens is 398 g/mol. The van der Waals surface area contributed by atoms with Crippen LogP contribution in [-0.4, -0.2) is 37.9 Å². The molecule has 0 bridgehead atoms. The van der Waals surface area contributed by atoms with Crippen LogP contribution in [0.4, 0.5) is 0 Å². The number of ether oxygens (including phenoxy) is 3. The first-order chi connectivity index (χ1) is 14.9. The van der Waals surface area contributed by atoms with Crippen LogP contribution in [0.2, 0.25) is 0 Å². The lowest BCUT2D eigenvalue weighted by Gasteiger charge is -2.30. The Balaban J connectivity index is 3.87. The maximum atomic E-state index is 6.11. The molecule has 0 aromatic carbocycles. The Kier molecular flexibility index (Phi) is 16.0. The van der Waals surface area contributed by atoms with Crippen LogP contribution in [0, 0.1) is 17.3 Å². The zero-order valence-electron chi connectivity index (χ0n) is 23.0. The fraction of sp³-hybridized carbons (Fsp3) is 0.893. The molecule has 0 aromatic rings. The maximum Gasteiger partial charge on any atom is 0.180 e. The molecule has 2 unspecified atom stereocenters. The minimum Gasteiger partial charge on any atom is -0.493 e. The molecule has 0 amide bonds. The Hall–Kier alpha value is -1.03. The van der Waals surface area contributed by atoms with E-state index in [0.717, 1.165) is 56.8 Å². The Morgan fingerprint density at radius 2 is 1.66 bits per heavy atom. The maximum absolute atomic E-state index is 6.11. The first kappa shape index (κ1) is 31.0. The van der Waals surface area contributed by atoms with Gasteiger partial charge in [0.25, 0.3) is 0 Å². The van der Waals surface area contributed by atoms with Crippen molar-refractivity contribution in [2.24, 2.45) is 22.2 Å². The molecule has 4 nitrogen and oxygen atoms in total. The van der Waals surface area contributed by atoms with E-state index in [-0.39, 0.29) is 11.0 Å². The molecule has 190 valence electrons. The highest BCUT2D eigenvalue weighted by Crippen LogP contribution is 2.30. The standard InChI is InChI=1S/C28H55NO3/c1-11-24(5)21-27(8,9)32-25(6)16-14-13-15-18-31-26(7)29-17-19-30-22-28(10,12-2)20-23(3)4/h23-24H,6,11-22H2,1-5,7-10H3. The molecule has 0 N–H and O–H groups in total. The van der Waals surface area contributed by atoms with Gasteiger partial charge >= 0.3 is 0 Å². The molecule has 0 saturated carbocycles. The van der Waals surface area contributed by atoms with Crippen LogP contribution in [0.5, 0.6) is 0 Å². The van der Waals surface area contributed by atoms with Crippen LogP contribution in [-0.2, 0) is 14.2 Å². The molecule has 0 fully saturated rings. The van der Waals surface area contributed by atoms with E-state index in [0.29, 0.717) is 31.6 Å². The van der Waals surface area contributed by atoms with Crippen LogP contribution < -0.4 is 0 Å². The Labute approximate surface area is 200 Å². The second-order valence-corrected chi connectivity index (χ2v) is 11.0. The topological polar surface area (TPSA) is 40.0 Å². The molecule has 32 heavy (non-hydrogen) atoms. The molecule has 0 saturated heterocycles. The summed E-state index contributed by atoms with van der Waals surface area (Å²) in [5, 5.41) is 0. The number of aliphatic imine (C=N–C) groups is 1. The van der Waals surface area contributed by atoms with E-state index >= 15 is 0 Å². The lowest BCUT2D eigenvalue weighted by Crippen LogP contribution is -2.26. The highest BCUT2D eigenvalue weighted by atomic mass is 16.5. The van der Waals surface area contributed by atoms with Crippen LogP contribution >= 0.6 is 0 Å². The van der Waals surface area contributed by atoms with E-state index in [2.05, 4.69) is 67.0 Å². The highest BCUT2D eigenvalue weighted by Gasteiger charge is 2.24. The number of nitrogens with zero attached hydrogens (tertiary/aromatic N) is 1.